The lowest BCUT2D eigenvalue weighted by Gasteiger charge is -2.26. The molecule has 0 radical (unpaired) electrons. The molecule has 8 heteroatoms. The average Bonchev–Trinajstić information content (AvgIpc) is 2.74. The van der Waals surface area contributed by atoms with E-state index in [0.29, 0.717) is 10.5 Å². The van der Waals surface area contributed by atoms with E-state index in [9.17, 15) is 9.77 Å². The lowest BCUT2D eigenvalue weighted by molar-refractivity contribution is -0.483. The Hall–Kier alpha value is -0.460. The molecule has 2 aliphatic heterocycles. The quantitative estimate of drug-likeness (QED) is 0.439. The van der Waals surface area contributed by atoms with Crippen LogP contribution in [-0.2, 0) is 23.1 Å². The van der Waals surface area contributed by atoms with E-state index in [1.807, 2.05) is 0 Å². The Balaban J connectivity index is 2.37. The van der Waals surface area contributed by atoms with Gasteiger partial charge in [-0.3, -0.25) is 4.57 Å². The van der Waals surface area contributed by atoms with Crippen molar-refractivity contribution in [3.8, 4) is 0 Å². The second-order valence-corrected chi connectivity index (χ2v) is 7.40. The fraction of sp³-hybridized carbons (Fsp3) is 0.917. The molecule has 0 aromatic rings. The topological polar surface area (TPSA) is 80.1 Å². The van der Waals surface area contributed by atoms with Crippen molar-refractivity contribution >= 4 is 13.3 Å². The van der Waals surface area contributed by atoms with Gasteiger partial charge in [-0.15, -0.1) is 0 Å². The zero-order chi connectivity index (χ0) is 15.1. The third-order valence-electron chi connectivity index (χ3n) is 3.36. The van der Waals surface area contributed by atoms with Crippen LogP contribution in [0.25, 0.3) is 0 Å². The average molecular weight is 307 g/mol. The Morgan fingerprint density at radius 3 is 2.35 bits per heavy atom. The van der Waals surface area contributed by atoms with Crippen molar-refractivity contribution < 1.29 is 27.8 Å². The number of rotatable bonds is 5. The molecule has 3 atom stereocenters. The summed E-state index contributed by atoms with van der Waals surface area (Å²) in [6.07, 6.45) is -1.16. The van der Waals surface area contributed by atoms with Gasteiger partial charge in [0.25, 0.3) is 5.78 Å². The molecule has 116 valence electrons. The van der Waals surface area contributed by atoms with Crippen LogP contribution in [0, 0.1) is 5.21 Å². The van der Waals surface area contributed by atoms with Crippen LogP contribution in [0.4, 0.5) is 0 Å². The van der Waals surface area contributed by atoms with Crippen molar-refractivity contribution in [2.75, 3.05) is 13.2 Å². The van der Waals surface area contributed by atoms with Crippen LogP contribution in [0.2, 0.25) is 0 Å². The van der Waals surface area contributed by atoms with Crippen molar-refractivity contribution in [2.24, 2.45) is 0 Å². The minimum absolute atomic E-state index is 0.197. The van der Waals surface area contributed by atoms with Gasteiger partial charge in [-0.2, -0.15) is 4.74 Å². The Labute approximate surface area is 119 Å². The van der Waals surface area contributed by atoms with E-state index in [1.54, 1.807) is 34.6 Å². The minimum Gasteiger partial charge on any atom is -0.623 e. The number of fused-ring (bicyclic) bond motifs is 1. The fourth-order valence-electron chi connectivity index (χ4n) is 2.66. The summed E-state index contributed by atoms with van der Waals surface area (Å²) < 4.78 is 35.6. The maximum absolute atomic E-state index is 12.9. The molecule has 0 aromatic carbocycles. The van der Waals surface area contributed by atoms with Crippen molar-refractivity contribution in [1.29, 1.82) is 0 Å². The van der Waals surface area contributed by atoms with E-state index in [-0.39, 0.29) is 13.2 Å². The highest BCUT2D eigenvalue weighted by Crippen LogP contribution is 2.58. The van der Waals surface area contributed by atoms with Crippen LogP contribution in [-0.4, -0.2) is 47.4 Å². The van der Waals surface area contributed by atoms with Gasteiger partial charge in [0.2, 0.25) is 0 Å². The van der Waals surface area contributed by atoms with E-state index in [0.717, 1.165) is 0 Å². The van der Waals surface area contributed by atoms with Gasteiger partial charge in [0.05, 0.1) is 13.2 Å². The summed E-state index contributed by atoms with van der Waals surface area (Å²) in [5.41, 5.74) is 0.435. The third kappa shape index (κ3) is 2.53. The van der Waals surface area contributed by atoms with E-state index >= 15 is 0 Å². The predicted molar refractivity (Wildman–Crippen MR) is 72.8 cm³/mol. The molecule has 2 rings (SSSR count). The monoisotopic (exact) mass is 307 g/mol. The highest BCUT2D eigenvalue weighted by molar-refractivity contribution is 7.54. The summed E-state index contributed by atoms with van der Waals surface area (Å²) >= 11 is 0. The molecule has 1 fully saturated rings. The molecule has 1 saturated heterocycles. The molecule has 0 bridgehead atoms. The summed E-state index contributed by atoms with van der Waals surface area (Å²) in [4.78, 5) is 0. The Bertz CT molecular complexity index is 453. The molecule has 2 aliphatic rings. The van der Waals surface area contributed by atoms with Crippen LogP contribution >= 0.6 is 7.60 Å². The van der Waals surface area contributed by atoms with Crippen LogP contribution in [0.5, 0.6) is 0 Å². The first-order valence-electron chi connectivity index (χ1n) is 6.80. The van der Waals surface area contributed by atoms with Crippen molar-refractivity contribution in [3.05, 3.63) is 5.21 Å². The molecule has 0 amide bonds. The smallest absolute Gasteiger partial charge is 0.402 e. The highest BCUT2D eigenvalue weighted by Gasteiger charge is 2.64. The summed E-state index contributed by atoms with van der Waals surface area (Å²) in [7, 11) is -3.60. The molecule has 0 N–H and O–H groups in total. The van der Waals surface area contributed by atoms with Crippen molar-refractivity contribution in [2.45, 2.75) is 58.4 Å². The molecule has 0 aliphatic carbocycles. The number of nitrogens with zero attached hydrogens (tertiary/aromatic N) is 1. The summed E-state index contributed by atoms with van der Waals surface area (Å²) in [5.74, 6) is -1.84. The predicted octanol–water partition coefficient (Wildman–Crippen LogP) is 2.08. The zero-order valence-electron chi connectivity index (χ0n) is 12.5. The SMILES string of the molecule is CCOP(=O)(OCC)[C@H]1[C@@H]2OC(C)(C)O[C@@H]2C(C)=[N+]1[O-]. The Morgan fingerprint density at radius 1 is 1.30 bits per heavy atom. The summed E-state index contributed by atoms with van der Waals surface area (Å²) in [6.45, 7) is 8.98. The number of hydrogen-bond donors (Lipinski definition) is 0. The van der Waals surface area contributed by atoms with Gasteiger partial charge in [0, 0.05) is 6.92 Å². The molecule has 7 nitrogen and oxygen atoms in total. The number of hydroxylamine groups is 1. The fourth-order valence-corrected chi connectivity index (χ4v) is 4.77. The minimum atomic E-state index is -3.60. The first-order valence-corrected chi connectivity index (χ1v) is 8.41. The second kappa shape index (κ2) is 5.39. The lowest BCUT2D eigenvalue weighted by atomic mass is 10.2. The Kier molecular flexibility index (Phi) is 4.29. The van der Waals surface area contributed by atoms with Gasteiger partial charge in [0.1, 0.15) is 0 Å². The van der Waals surface area contributed by atoms with Gasteiger partial charge in [0.15, 0.2) is 23.7 Å². The van der Waals surface area contributed by atoms with Crippen LogP contribution in [0.1, 0.15) is 34.6 Å². The lowest BCUT2D eigenvalue weighted by Crippen LogP contribution is -2.35. The normalized spacial score (nSPS) is 32.8. The molecule has 0 saturated carbocycles. The van der Waals surface area contributed by atoms with E-state index in [1.165, 1.54) is 0 Å². The van der Waals surface area contributed by atoms with Crippen LogP contribution in [0.3, 0.4) is 0 Å². The molecular formula is C12H22NO6P. The standard InChI is InChI=1S/C12H22NO6P/c1-6-16-20(15,17-7-2)11-10-9(8(3)13(11)14)18-12(4,5)19-10/h9-11H,6-7H2,1-5H3/t9-,10-,11+/m1/s1. The van der Waals surface area contributed by atoms with Crippen LogP contribution < -0.4 is 0 Å². The van der Waals surface area contributed by atoms with Gasteiger partial charge in [-0.05, 0) is 27.7 Å². The maximum Gasteiger partial charge on any atom is 0.402 e. The molecular weight excluding hydrogens is 285 g/mol. The molecule has 20 heavy (non-hydrogen) atoms. The number of ether oxygens (including phenoxy) is 2. The van der Waals surface area contributed by atoms with E-state index in [4.69, 9.17) is 18.5 Å². The Morgan fingerprint density at radius 2 is 1.85 bits per heavy atom. The highest BCUT2D eigenvalue weighted by atomic mass is 31.2. The zero-order valence-corrected chi connectivity index (χ0v) is 13.4. The van der Waals surface area contributed by atoms with Gasteiger partial charge in [-0.1, -0.05) is 0 Å². The van der Waals surface area contributed by atoms with Crippen molar-refractivity contribution in [3.63, 3.8) is 0 Å². The van der Waals surface area contributed by atoms with E-state index in [2.05, 4.69) is 0 Å². The largest absolute Gasteiger partial charge is 0.623 e. The molecule has 2 heterocycles. The summed E-state index contributed by atoms with van der Waals surface area (Å²) in [6, 6.07) is 0. The van der Waals surface area contributed by atoms with Crippen molar-refractivity contribution in [1.82, 2.24) is 0 Å². The van der Waals surface area contributed by atoms with E-state index < -0.39 is 31.4 Å². The maximum atomic E-state index is 12.9. The second-order valence-electron chi connectivity index (χ2n) is 5.28. The molecule has 0 unspecified atom stereocenters. The summed E-state index contributed by atoms with van der Waals surface area (Å²) in [5, 5.41) is 12.3. The van der Waals surface area contributed by atoms with Gasteiger partial charge in [-0.25, -0.2) is 0 Å². The molecule has 0 spiro atoms. The van der Waals surface area contributed by atoms with Gasteiger partial charge >= 0.3 is 7.60 Å². The first-order chi connectivity index (χ1) is 9.25. The van der Waals surface area contributed by atoms with Gasteiger partial charge < -0.3 is 23.7 Å². The van der Waals surface area contributed by atoms with Crippen LogP contribution in [0.15, 0.2) is 0 Å². The first kappa shape index (κ1) is 15.9. The molecule has 0 aromatic heterocycles. The third-order valence-corrected chi connectivity index (χ3v) is 5.75. The number of hydrogen-bond acceptors (Lipinski definition) is 6.